The third-order valence-electron chi connectivity index (χ3n) is 6.46. The van der Waals surface area contributed by atoms with E-state index in [1.54, 1.807) is 7.11 Å². The Kier molecular flexibility index (Phi) is 5.02. The normalized spacial score (nSPS) is 26.7. The number of methoxy groups -OCH3 is 1. The second-order valence-electron chi connectivity index (χ2n) is 8.54. The van der Waals surface area contributed by atoms with Gasteiger partial charge in [-0.2, -0.15) is 0 Å². The van der Waals surface area contributed by atoms with Crippen molar-refractivity contribution in [1.82, 2.24) is 10.2 Å². The molecule has 2 aliphatic heterocycles. The highest BCUT2D eigenvalue weighted by atomic mass is 16.5. The van der Waals surface area contributed by atoms with Crippen LogP contribution in [0.15, 0.2) is 48.5 Å². The first-order valence-electron chi connectivity index (χ1n) is 10.6. The van der Waals surface area contributed by atoms with Crippen molar-refractivity contribution >= 4 is 5.91 Å². The van der Waals surface area contributed by atoms with Crippen LogP contribution in [0, 0.1) is 5.92 Å². The molecule has 1 aliphatic carbocycles. The molecule has 2 aromatic carbocycles. The fourth-order valence-corrected chi connectivity index (χ4v) is 4.67. The summed E-state index contributed by atoms with van der Waals surface area (Å²) in [7, 11) is 1.66. The van der Waals surface area contributed by atoms with Crippen molar-refractivity contribution in [3.63, 3.8) is 0 Å². The molecule has 2 heterocycles. The summed E-state index contributed by atoms with van der Waals surface area (Å²) in [4.78, 5) is 15.4. The predicted octanol–water partition coefficient (Wildman–Crippen LogP) is 3.34. The van der Waals surface area contributed by atoms with E-state index < -0.39 is 0 Å². The number of hydrogen-bond donors (Lipinski definition) is 1. The molecular formula is C24H28N2O3. The molecule has 3 atom stereocenters. The Bertz CT molecular complexity index is 895. The van der Waals surface area contributed by atoms with Crippen molar-refractivity contribution in [3.05, 3.63) is 54.1 Å². The van der Waals surface area contributed by atoms with Crippen LogP contribution in [0.25, 0.3) is 11.1 Å². The van der Waals surface area contributed by atoms with E-state index in [0.29, 0.717) is 17.7 Å². The molecule has 5 heteroatoms. The maximum atomic E-state index is 12.9. The largest absolute Gasteiger partial charge is 0.497 e. The topological polar surface area (TPSA) is 50.8 Å². The molecule has 0 unspecified atom stereocenters. The van der Waals surface area contributed by atoms with Gasteiger partial charge in [-0.3, -0.25) is 9.69 Å². The molecule has 3 fully saturated rings. The molecule has 5 nitrogen and oxygen atoms in total. The summed E-state index contributed by atoms with van der Waals surface area (Å²) >= 11 is 0. The standard InChI is InChI=1S/C24H28N2O3/c1-28-22-7-3-5-18(11-22)17-4-2-6-19(10-17)24(27)25-20-12-21-15-29-23(16-8-9-16)14-26(21)13-20/h2-7,10-11,16,20-21,23H,8-9,12-15H2,1H3,(H,25,27)/t20-,21-,23+/m0/s1. The van der Waals surface area contributed by atoms with Gasteiger partial charge in [0.25, 0.3) is 5.91 Å². The van der Waals surface area contributed by atoms with Crippen molar-refractivity contribution < 1.29 is 14.3 Å². The van der Waals surface area contributed by atoms with E-state index in [4.69, 9.17) is 9.47 Å². The molecule has 1 saturated carbocycles. The van der Waals surface area contributed by atoms with Gasteiger partial charge in [0.05, 0.1) is 19.8 Å². The average molecular weight is 392 g/mol. The van der Waals surface area contributed by atoms with Gasteiger partial charge in [0, 0.05) is 30.7 Å². The van der Waals surface area contributed by atoms with Gasteiger partial charge in [0.15, 0.2) is 0 Å². The molecule has 0 bridgehead atoms. The lowest BCUT2D eigenvalue weighted by Crippen LogP contribution is -2.47. The van der Waals surface area contributed by atoms with Gasteiger partial charge in [-0.15, -0.1) is 0 Å². The number of nitrogens with one attached hydrogen (secondary N) is 1. The number of ether oxygens (including phenoxy) is 2. The van der Waals surface area contributed by atoms with E-state index in [1.807, 2.05) is 48.5 Å². The SMILES string of the molecule is COc1cccc(-c2cccc(C(=O)N[C@H]3C[C@H]4CO[C@@H](C5CC5)CN4C3)c2)c1. The monoisotopic (exact) mass is 392 g/mol. The summed E-state index contributed by atoms with van der Waals surface area (Å²) in [5, 5.41) is 3.25. The number of carbonyl (C=O) groups is 1. The Morgan fingerprint density at radius 3 is 2.69 bits per heavy atom. The smallest absolute Gasteiger partial charge is 0.251 e. The van der Waals surface area contributed by atoms with E-state index in [-0.39, 0.29) is 11.9 Å². The second kappa shape index (κ2) is 7.81. The van der Waals surface area contributed by atoms with E-state index in [2.05, 4.69) is 10.2 Å². The van der Waals surface area contributed by atoms with Crippen molar-refractivity contribution in [2.75, 3.05) is 26.8 Å². The van der Waals surface area contributed by atoms with E-state index >= 15 is 0 Å². The summed E-state index contributed by atoms with van der Waals surface area (Å²) in [5.41, 5.74) is 2.75. The molecule has 2 saturated heterocycles. The first-order chi connectivity index (χ1) is 14.2. The van der Waals surface area contributed by atoms with Gasteiger partial charge < -0.3 is 14.8 Å². The molecular weight excluding hydrogens is 364 g/mol. The van der Waals surface area contributed by atoms with E-state index in [9.17, 15) is 4.79 Å². The lowest BCUT2D eigenvalue weighted by atomic mass is 10.0. The van der Waals surface area contributed by atoms with Crippen LogP contribution in [-0.4, -0.2) is 55.8 Å². The van der Waals surface area contributed by atoms with Crippen LogP contribution in [-0.2, 0) is 4.74 Å². The summed E-state index contributed by atoms with van der Waals surface area (Å²) in [5.74, 6) is 1.58. The maximum absolute atomic E-state index is 12.9. The molecule has 152 valence electrons. The van der Waals surface area contributed by atoms with Crippen LogP contribution in [0.5, 0.6) is 5.75 Å². The van der Waals surface area contributed by atoms with Gasteiger partial charge >= 0.3 is 0 Å². The fraction of sp³-hybridized carbons (Fsp3) is 0.458. The summed E-state index contributed by atoms with van der Waals surface area (Å²) < 4.78 is 11.4. The molecule has 3 aliphatic rings. The van der Waals surface area contributed by atoms with Crippen LogP contribution in [0.4, 0.5) is 0 Å². The molecule has 0 radical (unpaired) electrons. The summed E-state index contributed by atoms with van der Waals surface area (Å²) in [6.07, 6.45) is 4.00. The number of fused-ring (bicyclic) bond motifs is 1. The van der Waals surface area contributed by atoms with Crippen LogP contribution in [0.1, 0.15) is 29.6 Å². The van der Waals surface area contributed by atoms with Gasteiger partial charge in [-0.1, -0.05) is 24.3 Å². The first-order valence-corrected chi connectivity index (χ1v) is 10.6. The summed E-state index contributed by atoms with van der Waals surface area (Å²) in [6.45, 7) is 2.75. The average Bonchev–Trinajstić information content (AvgIpc) is 3.53. The number of hydrogen-bond acceptors (Lipinski definition) is 4. The third kappa shape index (κ3) is 4.02. The molecule has 0 spiro atoms. The zero-order valence-electron chi connectivity index (χ0n) is 16.8. The van der Waals surface area contributed by atoms with Crippen molar-refractivity contribution in [3.8, 4) is 16.9 Å². The third-order valence-corrected chi connectivity index (χ3v) is 6.46. The quantitative estimate of drug-likeness (QED) is 0.848. The minimum Gasteiger partial charge on any atom is -0.497 e. The minimum absolute atomic E-state index is 0.000690. The molecule has 29 heavy (non-hydrogen) atoms. The molecule has 2 aromatic rings. The van der Waals surface area contributed by atoms with Crippen LogP contribution < -0.4 is 10.1 Å². The van der Waals surface area contributed by atoms with Gasteiger partial charge in [0.2, 0.25) is 0 Å². The molecule has 5 rings (SSSR count). The Labute approximate surface area is 172 Å². The minimum atomic E-state index is -0.000690. The summed E-state index contributed by atoms with van der Waals surface area (Å²) in [6, 6.07) is 16.3. The number of amides is 1. The molecule has 1 amide bonds. The van der Waals surface area contributed by atoms with Crippen LogP contribution >= 0.6 is 0 Å². The van der Waals surface area contributed by atoms with Crippen molar-refractivity contribution in [2.24, 2.45) is 5.92 Å². The zero-order chi connectivity index (χ0) is 19.8. The Morgan fingerprint density at radius 1 is 1.10 bits per heavy atom. The lowest BCUT2D eigenvalue weighted by Gasteiger charge is -2.35. The number of nitrogens with zero attached hydrogens (tertiary/aromatic N) is 1. The number of carbonyl (C=O) groups excluding carboxylic acids is 1. The Morgan fingerprint density at radius 2 is 1.90 bits per heavy atom. The molecule has 1 N–H and O–H groups in total. The first kappa shape index (κ1) is 18.6. The zero-order valence-corrected chi connectivity index (χ0v) is 16.8. The predicted molar refractivity (Wildman–Crippen MR) is 112 cm³/mol. The van der Waals surface area contributed by atoms with Crippen molar-refractivity contribution in [1.29, 1.82) is 0 Å². The highest BCUT2D eigenvalue weighted by molar-refractivity contribution is 5.95. The number of rotatable bonds is 5. The highest BCUT2D eigenvalue weighted by Gasteiger charge is 2.42. The Hall–Kier alpha value is -2.37. The second-order valence-corrected chi connectivity index (χ2v) is 8.54. The van der Waals surface area contributed by atoms with Gasteiger partial charge in [-0.05, 0) is 60.6 Å². The maximum Gasteiger partial charge on any atom is 0.251 e. The number of benzene rings is 2. The van der Waals surface area contributed by atoms with Crippen LogP contribution in [0.2, 0.25) is 0 Å². The lowest BCUT2D eigenvalue weighted by molar-refractivity contribution is -0.0581. The van der Waals surface area contributed by atoms with Gasteiger partial charge in [0.1, 0.15) is 5.75 Å². The van der Waals surface area contributed by atoms with E-state index in [1.165, 1.54) is 12.8 Å². The fourth-order valence-electron chi connectivity index (χ4n) is 4.67. The Balaban J connectivity index is 1.24. The highest BCUT2D eigenvalue weighted by Crippen LogP contribution is 2.38. The molecule has 0 aromatic heterocycles. The number of morpholine rings is 1. The van der Waals surface area contributed by atoms with Crippen molar-refractivity contribution in [2.45, 2.75) is 37.5 Å². The van der Waals surface area contributed by atoms with Gasteiger partial charge in [-0.25, -0.2) is 0 Å². The van der Waals surface area contributed by atoms with Crippen LogP contribution in [0.3, 0.4) is 0 Å². The van der Waals surface area contributed by atoms with E-state index in [0.717, 1.165) is 48.9 Å².